The Balaban J connectivity index is 1.88. The number of thioether (sulfide) groups is 1. The molecule has 1 aromatic carbocycles. The highest BCUT2D eigenvalue weighted by Crippen LogP contribution is 2.18. The molecular formula is C16H21ClN6OS. The molecule has 2 rings (SSSR count). The van der Waals surface area contributed by atoms with Crippen LogP contribution >= 0.6 is 23.4 Å². The summed E-state index contributed by atoms with van der Waals surface area (Å²) < 4.78 is 0. The molecule has 3 N–H and O–H groups in total. The van der Waals surface area contributed by atoms with Crippen molar-refractivity contribution >= 4 is 41.2 Å². The molecule has 7 nitrogen and oxygen atoms in total. The molecule has 0 aliphatic heterocycles. The fourth-order valence-electron chi connectivity index (χ4n) is 1.93. The third-order valence-electron chi connectivity index (χ3n) is 3.33. The number of benzene rings is 1. The van der Waals surface area contributed by atoms with E-state index in [-0.39, 0.29) is 17.1 Å². The predicted octanol–water partition coefficient (Wildman–Crippen LogP) is 2.11. The summed E-state index contributed by atoms with van der Waals surface area (Å²) in [5, 5.41) is 3.26. The average molecular weight is 381 g/mol. The molecule has 0 saturated carbocycles. The lowest BCUT2D eigenvalue weighted by Gasteiger charge is -2.14. The third-order valence-corrected chi connectivity index (χ3v) is 4.84. The summed E-state index contributed by atoms with van der Waals surface area (Å²) in [7, 11) is 3.66. The van der Waals surface area contributed by atoms with Crippen LogP contribution in [0.4, 0.5) is 11.9 Å². The molecule has 2 aromatic rings. The first-order valence-electron chi connectivity index (χ1n) is 7.67. The van der Waals surface area contributed by atoms with Gasteiger partial charge >= 0.3 is 0 Å². The topological polar surface area (TPSA) is 97.0 Å². The van der Waals surface area contributed by atoms with E-state index in [1.807, 2.05) is 39.2 Å². The lowest BCUT2D eigenvalue weighted by Crippen LogP contribution is -2.30. The normalized spacial score (nSPS) is 11.8. The minimum atomic E-state index is -0.261. The Morgan fingerprint density at radius 1 is 1.32 bits per heavy atom. The van der Waals surface area contributed by atoms with Crippen molar-refractivity contribution in [3.63, 3.8) is 0 Å². The minimum Gasteiger partial charge on any atom is -0.368 e. The Kier molecular flexibility index (Phi) is 6.83. The largest absolute Gasteiger partial charge is 0.368 e. The van der Waals surface area contributed by atoms with Crippen molar-refractivity contribution in [2.45, 2.75) is 24.5 Å². The van der Waals surface area contributed by atoms with Crippen LogP contribution in [0.25, 0.3) is 0 Å². The maximum Gasteiger partial charge on any atom is 0.233 e. The Bertz CT molecular complexity index is 742. The summed E-state index contributed by atoms with van der Waals surface area (Å²) in [5.74, 6) is 1.62. The zero-order valence-corrected chi connectivity index (χ0v) is 15.9. The highest BCUT2D eigenvalue weighted by molar-refractivity contribution is 7.99. The van der Waals surface area contributed by atoms with Crippen molar-refractivity contribution in [1.82, 2.24) is 20.3 Å². The van der Waals surface area contributed by atoms with Crippen molar-refractivity contribution < 1.29 is 4.79 Å². The van der Waals surface area contributed by atoms with Gasteiger partial charge in [0.2, 0.25) is 17.8 Å². The maximum atomic E-state index is 12.2. The number of hydrogen-bond donors (Lipinski definition) is 2. The van der Waals surface area contributed by atoms with Gasteiger partial charge in [-0.2, -0.15) is 15.0 Å². The van der Waals surface area contributed by atoms with Crippen LogP contribution in [0.1, 0.15) is 18.3 Å². The Morgan fingerprint density at radius 2 is 2.04 bits per heavy atom. The zero-order chi connectivity index (χ0) is 18.4. The van der Waals surface area contributed by atoms with E-state index < -0.39 is 0 Å². The summed E-state index contributed by atoms with van der Waals surface area (Å²) >= 11 is 7.52. The molecule has 1 amide bonds. The molecule has 1 atom stereocenters. The zero-order valence-electron chi connectivity index (χ0n) is 14.4. The van der Waals surface area contributed by atoms with E-state index in [0.29, 0.717) is 29.1 Å². The number of rotatable bonds is 7. The molecule has 0 aliphatic rings. The van der Waals surface area contributed by atoms with Gasteiger partial charge < -0.3 is 16.0 Å². The first-order chi connectivity index (χ1) is 11.9. The van der Waals surface area contributed by atoms with Crippen LogP contribution in [-0.2, 0) is 17.1 Å². The van der Waals surface area contributed by atoms with Crippen molar-refractivity contribution in [3.8, 4) is 0 Å². The minimum absolute atomic E-state index is 0.0696. The molecule has 0 bridgehead atoms. The Hall–Kier alpha value is -2.06. The molecule has 0 radical (unpaired) electrons. The highest BCUT2D eigenvalue weighted by atomic mass is 35.5. The van der Waals surface area contributed by atoms with Gasteiger partial charge in [-0.1, -0.05) is 29.8 Å². The Morgan fingerprint density at radius 3 is 2.72 bits per heavy atom. The second-order valence-electron chi connectivity index (χ2n) is 5.57. The first-order valence-corrected chi connectivity index (χ1v) is 9.10. The van der Waals surface area contributed by atoms with E-state index >= 15 is 0 Å². The third kappa shape index (κ3) is 5.75. The average Bonchev–Trinajstić information content (AvgIpc) is 2.58. The summed E-state index contributed by atoms with van der Waals surface area (Å²) in [6, 6.07) is 7.43. The maximum absolute atomic E-state index is 12.2. The van der Waals surface area contributed by atoms with Crippen molar-refractivity contribution in [2.75, 3.05) is 24.7 Å². The fourth-order valence-corrected chi connectivity index (χ4v) is 2.90. The number of nitrogens with zero attached hydrogens (tertiary/aromatic N) is 4. The molecule has 0 aliphatic carbocycles. The summed E-state index contributed by atoms with van der Waals surface area (Å²) in [5.41, 5.74) is 6.58. The number of halogens is 1. The first kappa shape index (κ1) is 19.3. The molecule has 0 spiro atoms. The van der Waals surface area contributed by atoms with Gasteiger partial charge in [0, 0.05) is 25.7 Å². The van der Waals surface area contributed by atoms with E-state index in [9.17, 15) is 4.79 Å². The molecule has 134 valence electrons. The number of anilines is 2. The number of nitrogens with one attached hydrogen (secondary N) is 1. The molecule has 1 heterocycles. The summed E-state index contributed by atoms with van der Waals surface area (Å²) in [4.78, 5) is 26.5. The van der Waals surface area contributed by atoms with E-state index in [4.69, 9.17) is 17.3 Å². The van der Waals surface area contributed by atoms with Crippen LogP contribution in [0.3, 0.4) is 0 Å². The second kappa shape index (κ2) is 8.87. The predicted molar refractivity (Wildman–Crippen MR) is 103 cm³/mol. The quantitative estimate of drug-likeness (QED) is 0.759. The van der Waals surface area contributed by atoms with E-state index in [0.717, 1.165) is 5.56 Å². The standard InChI is InChI=1S/C16H21ClN6OS/c1-10(14(24)19-8-11-6-4-5-7-12(11)17)25-9-13-20-15(18)22-16(21-13)23(2)3/h4-7,10H,8-9H2,1-3H3,(H,19,24)(H2,18,20,21,22)/t10-/m0/s1. The molecule has 25 heavy (non-hydrogen) atoms. The SMILES string of the molecule is C[C@H](SCc1nc(N)nc(N(C)C)n1)C(=O)NCc1ccccc1Cl. The highest BCUT2D eigenvalue weighted by Gasteiger charge is 2.15. The monoisotopic (exact) mass is 380 g/mol. The van der Waals surface area contributed by atoms with Crippen molar-refractivity contribution in [3.05, 3.63) is 40.7 Å². The van der Waals surface area contributed by atoms with E-state index in [1.165, 1.54) is 11.8 Å². The van der Waals surface area contributed by atoms with Crippen molar-refractivity contribution in [1.29, 1.82) is 0 Å². The van der Waals surface area contributed by atoms with E-state index in [2.05, 4.69) is 20.3 Å². The summed E-state index contributed by atoms with van der Waals surface area (Å²) in [6.45, 7) is 2.23. The van der Waals surface area contributed by atoms with E-state index in [1.54, 1.807) is 11.0 Å². The van der Waals surface area contributed by atoms with Crippen LogP contribution in [0, 0.1) is 0 Å². The van der Waals surface area contributed by atoms with Gasteiger partial charge in [-0.15, -0.1) is 11.8 Å². The van der Waals surface area contributed by atoms with Gasteiger partial charge in [-0.3, -0.25) is 4.79 Å². The molecule has 9 heteroatoms. The number of nitrogen functional groups attached to an aromatic ring is 1. The van der Waals surface area contributed by atoms with Gasteiger partial charge in [-0.05, 0) is 18.6 Å². The van der Waals surface area contributed by atoms with Gasteiger partial charge in [0.25, 0.3) is 0 Å². The lowest BCUT2D eigenvalue weighted by molar-refractivity contribution is -0.120. The number of hydrogen-bond acceptors (Lipinski definition) is 7. The van der Waals surface area contributed by atoms with Gasteiger partial charge in [0.05, 0.1) is 11.0 Å². The number of nitrogens with two attached hydrogens (primary N) is 1. The van der Waals surface area contributed by atoms with Crippen LogP contribution in [0.5, 0.6) is 0 Å². The number of aromatic nitrogens is 3. The van der Waals surface area contributed by atoms with Crippen LogP contribution in [0.2, 0.25) is 5.02 Å². The van der Waals surface area contributed by atoms with Crippen LogP contribution < -0.4 is 16.0 Å². The van der Waals surface area contributed by atoms with Crippen molar-refractivity contribution in [2.24, 2.45) is 0 Å². The molecular weight excluding hydrogens is 360 g/mol. The molecule has 0 unspecified atom stereocenters. The smallest absolute Gasteiger partial charge is 0.233 e. The number of amides is 1. The number of carbonyl (C=O) groups excluding carboxylic acids is 1. The Labute approximate surface area is 156 Å². The lowest BCUT2D eigenvalue weighted by atomic mass is 10.2. The molecule has 1 aromatic heterocycles. The molecule has 0 saturated heterocycles. The fraction of sp³-hybridized carbons (Fsp3) is 0.375. The van der Waals surface area contributed by atoms with Gasteiger partial charge in [0.1, 0.15) is 5.82 Å². The van der Waals surface area contributed by atoms with Crippen LogP contribution in [-0.4, -0.2) is 40.2 Å². The van der Waals surface area contributed by atoms with Gasteiger partial charge in [-0.25, -0.2) is 0 Å². The molecule has 0 fully saturated rings. The second-order valence-corrected chi connectivity index (χ2v) is 7.30. The van der Waals surface area contributed by atoms with Crippen LogP contribution in [0.15, 0.2) is 24.3 Å². The van der Waals surface area contributed by atoms with Gasteiger partial charge in [0.15, 0.2) is 0 Å². The number of carbonyl (C=O) groups is 1. The summed E-state index contributed by atoms with van der Waals surface area (Å²) in [6.07, 6.45) is 0.